The number of nitriles is 1. The molecule has 11 heteroatoms. The minimum Gasteiger partial charge on any atom is -0.461 e. The van der Waals surface area contributed by atoms with Crippen molar-refractivity contribution in [3.63, 3.8) is 0 Å². The van der Waals surface area contributed by atoms with E-state index in [9.17, 15) is 9.65 Å². The number of rotatable bonds is 4. The summed E-state index contributed by atoms with van der Waals surface area (Å²) in [5.41, 5.74) is 7.60. The molecule has 0 bridgehead atoms. The molecule has 3 aromatic heterocycles. The average molecular weight is 481 g/mol. The molecule has 1 saturated heterocycles. The van der Waals surface area contributed by atoms with E-state index in [0.29, 0.717) is 17.6 Å². The lowest BCUT2D eigenvalue weighted by Gasteiger charge is -2.14. The van der Waals surface area contributed by atoms with Crippen molar-refractivity contribution in [2.45, 2.75) is 32.2 Å². The Morgan fingerprint density at radius 1 is 1.24 bits per heavy atom. The average Bonchev–Trinajstić information content (AvgIpc) is 3.59. The molecule has 2 aliphatic rings. The number of nitrogen functional groups attached to an aromatic ring is 1. The van der Waals surface area contributed by atoms with Gasteiger partial charge in [-0.1, -0.05) is 0 Å². The van der Waals surface area contributed by atoms with E-state index in [2.05, 4.69) is 15.0 Å². The number of ether oxygens (including phenoxy) is 3. The van der Waals surface area contributed by atoms with E-state index < -0.39 is 11.6 Å². The molecule has 172 valence electrons. The molecule has 0 aliphatic carbocycles. The first-order chi connectivity index (χ1) is 16.6. The highest BCUT2D eigenvalue weighted by Gasteiger charge is 2.30. The Hall–Kier alpha value is -3.46. The van der Waals surface area contributed by atoms with Crippen LogP contribution in [0.2, 0.25) is 0 Å². The van der Waals surface area contributed by atoms with E-state index in [4.69, 9.17) is 19.9 Å². The lowest BCUT2D eigenvalue weighted by molar-refractivity contribution is 0.0646. The minimum atomic E-state index is -0.669. The van der Waals surface area contributed by atoms with Crippen LogP contribution in [0.25, 0.3) is 32.2 Å². The van der Waals surface area contributed by atoms with Crippen molar-refractivity contribution >= 4 is 37.3 Å². The van der Waals surface area contributed by atoms with Crippen molar-refractivity contribution in [3.05, 3.63) is 40.7 Å². The number of hydrogen-bond donors (Lipinski definition) is 1. The summed E-state index contributed by atoms with van der Waals surface area (Å²) in [5.74, 6) is -1.30. The van der Waals surface area contributed by atoms with E-state index in [-0.39, 0.29) is 69.4 Å². The predicted octanol–water partition coefficient (Wildman–Crippen LogP) is 4.23. The molecule has 5 heterocycles. The predicted molar refractivity (Wildman–Crippen MR) is 120 cm³/mol. The monoisotopic (exact) mass is 481 g/mol. The first-order valence-electron chi connectivity index (χ1n) is 10.7. The second-order valence-corrected chi connectivity index (χ2v) is 9.16. The number of hydrogen-bond acceptors (Lipinski definition) is 9. The van der Waals surface area contributed by atoms with Gasteiger partial charge in [0.15, 0.2) is 11.6 Å². The summed E-state index contributed by atoms with van der Waals surface area (Å²) < 4.78 is 47.7. The number of halogens is 2. The molecule has 4 aromatic rings. The Kier molecular flexibility index (Phi) is 5.02. The molecule has 1 fully saturated rings. The van der Waals surface area contributed by atoms with Gasteiger partial charge in [0.25, 0.3) is 0 Å². The Bertz CT molecular complexity index is 1510. The Balaban J connectivity index is 1.56. The number of pyridine rings is 1. The van der Waals surface area contributed by atoms with Gasteiger partial charge >= 0.3 is 6.01 Å². The first kappa shape index (κ1) is 21.1. The highest BCUT2D eigenvalue weighted by atomic mass is 32.1. The van der Waals surface area contributed by atoms with Crippen molar-refractivity contribution < 1.29 is 23.0 Å². The standard InChI is InChI=1S/C23H17F2N5O3S/c24-15-6-28-20(17-11(4-26)22(27)34-21(15)17)16-14-9-31-8-13(14)12-5-29-23(30-19(12)18(16)25)33-7-10-2-1-3-32-10/h5-6,10H,1-3,7-9,27H2/t10-/m1/s1. The van der Waals surface area contributed by atoms with Crippen LogP contribution in [0.4, 0.5) is 13.8 Å². The van der Waals surface area contributed by atoms with Crippen molar-refractivity contribution in [2.24, 2.45) is 0 Å². The third kappa shape index (κ3) is 3.18. The number of nitrogens with two attached hydrogens (primary N) is 1. The third-order valence-electron chi connectivity index (χ3n) is 6.15. The van der Waals surface area contributed by atoms with Gasteiger partial charge in [-0.05, 0) is 24.0 Å². The van der Waals surface area contributed by atoms with Gasteiger partial charge in [-0.15, -0.1) is 11.3 Å². The molecule has 6 rings (SSSR count). The molecule has 1 atom stereocenters. The molecule has 0 unspecified atom stereocenters. The molecule has 0 radical (unpaired) electrons. The first-order valence-corrected chi connectivity index (χ1v) is 11.5. The normalized spacial score (nSPS) is 17.4. The fourth-order valence-electron chi connectivity index (χ4n) is 4.54. The largest absolute Gasteiger partial charge is 0.461 e. The molecule has 2 aliphatic heterocycles. The summed E-state index contributed by atoms with van der Waals surface area (Å²) >= 11 is 0.932. The Morgan fingerprint density at radius 2 is 2.09 bits per heavy atom. The summed E-state index contributed by atoms with van der Waals surface area (Å²) in [7, 11) is 0. The van der Waals surface area contributed by atoms with Crippen LogP contribution >= 0.6 is 11.3 Å². The van der Waals surface area contributed by atoms with Gasteiger partial charge in [-0.25, -0.2) is 13.8 Å². The van der Waals surface area contributed by atoms with E-state index in [0.717, 1.165) is 35.9 Å². The molecule has 8 nitrogen and oxygen atoms in total. The number of benzene rings is 1. The van der Waals surface area contributed by atoms with Crippen LogP contribution in [0.3, 0.4) is 0 Å². The zero-order chi connectivity index (χ0) is 23.4. The summed E-state index contributed by atoms with van der Waals surface area (Å²) in [5, 5.41) is 10.5. The molecule has 0 saturated carbocycles. The van der Waals surface area contributed by atoms with Gasteiger partial charge < -0.3 is 19.9 Å². The number of thiophene rings is 1. The van der Waals surface area contributed by atoms with Crippen LogP contribution in [0.5, 0.6) is 6.01 Å². The zero-order valence-corrected chi connectivity index (χ0v) is 18.5. The maximum absolute atomic E-state index is 16.1. The molecule has 1 aromatic carbocycles. The summed E-state index contributed by atoms with van der Waals surface area (Å²) in [4.78, 5) is 12.8. The fraction of sp³-hybridized carbons (Fsp3) is 0.304. The third-order valence-corrected chi connectivity index (χ3v) is 7.17. The number of fused-ring (bicyclic) bond motifs is 4. The number of aromatic nitrogens is 3. The van der Waals surface area contributed by atoms with Crippen molar-refractivity contribution in [3.8, 4) is 23.3 Å². The molecule has 2 N–H and O–H groups in total. The molecular weight excluding hydrogens is 464 g/mol. The van der Waals surface area contributed by atoms with Crippen LogP contribution in [0.15, 0.2) is 12.4 Å². The van der Waals surface area contributed by atoms with E-state index >= 15 is 4.39 Å². The smallest absolute Gasteiger partial charge is 0.317 e. The summed E-state index contributed by atoms with van der Waals surface area (Å²) in [6.07, 6.45) is 4.33. The van der Waals surface area contributed by atoms with E-state index in [1.54, 1.807) is 0 Å². The maximum atomic E-state index is 16.1. The van der Waals surface area contributed by atoms with Gasteiger partial charge in [0.1, 0.15) is 23.2 Å². The van der Waals surface area contributed by atoms with Gasteiger partial charge in [0.2, 0.25) is 0 Å². The molecule has 0 spiro atoms. The lowest BCUT2D eigenvalue weighted by Crippen LogP contribution is -2.17. The van der Waals surface area contributed by atoms with Gasteiger partial charge in [0.05, 0.1) is 41.5 Å². The second kappa shape index (κ2) is 8.09. The second-order valence-electron chi connectivity index (χ2n) is 8.11. The van der Waals surface area contributed by atoms with E-state index in [1.165, 1.54) is 6.20 Å². The Morgan fingerprint density at radius 3 is 2.88 bits per heavy atom. The van der Waals surface area contributed by atoms with Crippen molar-refractivity contribution in [1.29, 1.82) is 5.26 Å². The molecule has 34 heavy (non-hydrogen) atoms. The van der Waals surface area contributed by atoms with Crippen LogP contribution in [0, 0.1) is 23.0 Å². The summed E-state index contributed by atoms with van der Waals surface area (Å²) in [6.45, 7) is 1.33. The number of nitrogens with zero attached hydrogens (tertiary/aromatic N) is 4. The van der Waals surface area contributed by atoms with Gasteiger partial charge in [-0.3, -0.25) is 4.98 Å². The SMILES string of the molecule is N#Cc1c(N)sc2c(F)cnc(-c3c4c(c5cnc(OC[C@H]6CCCO6)nc5c3F)COC4)c12. The van der Waals surface area contributed by atoms with Crippen LogP contribution < -0.4 is 10.5 Å². The quantitative estimate of drug-likeness (QED) is 0.460. The lowest BCUT2D eigenvalue weighted by atomic mass is 9.94. The van der Waals surface area contributed by atoms with Crippen molar-refractivity contribution in [2.75, 3.05) is 18.9 Å². The minimum absolute atomic E-state index is 0.0291. The maximum Gasteiger partial charge on any atom is 0.317 e. The highest BCUT2D eigenvalue weighted by Crippen LogP contribution is 2.44. The van der Waals surface area contributed by atoms with Gasteiger partial charge in [0, 0.05) is 29.1 Å². The number of anilines is 1. The fourth-order valence-corrected chi connectivity index (χ4v) is 5.47. The topological polar surface area (TPSA) is 116 Å². The van der Waals surface area contributed by atoms with Gasteiger partial charge in [-0.2, -0.15) is 10.2 Å². The van der Waals surface area contributed by atoms with Crippen LogP contribution in [-0.4, -0.2) is 34.3 Å². The van der Waals surface area contributed by atoms with Crippen LogP contribution in [0.1, 0.15) is 29.5 Å². The molecular formula is C23H17F2N5O3S. The van der Waals surface area contributed by atoms with Crippen molar-refractivity contribution in [1.82, 2.24) is 15.0 Å². The summed E-state index contributed by atoms with van der Waals surface area (Å²) in [6, 6.07) is 2.03. The Labute approximate surface area is 195 Å². The van der Waals surface area contributed by atoms with E-state index in [1.807, 2.05) is 6.07 Å². The highest BCUT2D eigenvalue weighted by molar-refractivity contribution is 7.23. The molecule has 0 amide bonds. The zero-order valence-electron chi connectivity index (χ0n) is 17.7. The van der Waals surface area contributed by atoms with Crippen LogP contribution in [-0.2, 0) is 22.7 Å².